The lowest BCUT2D eigenvalue weighted by atomic mass is 10.1. The van der Waals surface area contributed by atoms with Crippen molar-refractivity contribution < 1.29 is 17.9 Å². The van der Waals surface area contributed by atoms with Gasteiger partial charge in [0, 0.05) is 0 Å². The normalized spacial score (nSPS) is 11.1. The van der Waals surface area contributed by atoms with Crippen molar-refractivity contribution in [3.8, 4) is 0 Å². The van der Waals surface area contributed by atoms with Crippen molar-refractivity contribution in [2.45, 2.75) is 11.8 Å². The van der Waals surface area contributed by atoms with Crippen LogP contribution in [0.4, 0.5) is 0 Å². The molecule has 1 rings (SSSR count). The third kappa shape index (κ3) is 2.54. The first-order valence-electron chi connectivity index (χ1n) is 4.08. The zero-order chi connectivity index (χ0) is 11.6. The number of hydrogen-bond acceptors (Lipinski definition) is 4. The maximum Gasteiger partial charge on any atom is 0.337 e. The van der Waals surface area contributed by atoms with E-state index in [9.17, 15) is 13.2 Å². The molecule has 0 heterocycles. The Kier molecular flexibility index (Phi) is 3.11. The number of carbonyl (C=O) groups excluding carboxylic acids is 1. The van der Waals surface area contributed by atoms with E-state index in [0.717, 1.165) is 0 Å². The van der Waals surface area contributed by atoms with E-state index in [1.54, 1.807) is 6.92 Å². The molecule has 5 nitrogen and oxygen atoms in total. The average Bonchev–Trinajstić information content (AvgIpc) is 2.15. The minimum absolute atomic E-state index is 0.0644. The van der Waals surface area contributed by atoms with Gasteiger partial charge in [0.05, 0.1) is 17.6 Å². The minimum Gasteiger partial charge on any atom is -0.465 e. The van der Waals surface area contributed by atoms with Crippen molar-refractivity contribution in [1.82, 2.24) is 0 Å². The maximum atomic E-state index is 11.1. The highest BCUT2D eigenvalue weighted by atomic mass is 32.2. The van der Waals surface area contributed by atoms with E-state index in [1.165, 1.54) is 25.3 Å². The zero-order valence-electron chi connectivity index (χ0n) is 8.35. The number of methoxy groups -OCH3 is 1. The first-order chi connectivity index (χ1) is 6.86. The summed E-state index contributed by atoms with van der Waals surface area (Å²) < 4.78 is 26.8. The fourth-order valence-electron chi connectivity index (χ4n) is 1.15. The topological polar surface area (TPSA) is 86.5 Å². The Morgan fingerprint density at radius 3 is 2.47 bits per heavy atom. The summed E-state index contributed by atoms with van der Waals surface area (Å²) in [5.41, 5.74) is 0.650. The van der Waals surface area contributed by atoms with Crippen LogP contribution in [0, 0.1) is 6.92 Å². The number of nitrogens with two attached hydrogens (primary N) is 1. The summed E-state index contributed by atoms with van der Waals surface area (Å²) in [6, 6.07) is 4.19. The summed E-state index contributed by atoms with van der Waals surface area (Å²) >= 11 is 0. The Morgan fingerprint density at radius 2 is 2.00 bits per heavy atom. The molecule has 0 aliphatic carbocycles. The summed E-state index contributed by atoms with van der Waals surface area (Å²) in [5, 5.41) is 4.99. The number of primary sulfonamides is 1. The zero-order valence-corrected chi connectivity index (χ0v) is 9.17. The van der Waals surface area contributed by atoms with Crippen LogP contribution in [0.1, 0.15) is 15.9 Å². The molecule has 0 amide bonds. The maximum absolute atomic E-state index is 11.1. The van der Waals surface area contributed by atoms with Gasteiger partial charge < -0.3 is 4.74 Å². The summed E-state index contributed by atoms with van der Waals surface area (Å²) in [6.07, 6.45) is 0. The van der Waals surface area contributed by atoms with E-state index in [2.05, 4.69) is 4.74 Å². The van der Waals surface area contributed by atoms with Crippen molar-refractivity contribution in [3.63, 3.8) is 0 Å². The summed E-state index contributed by atoms with van der Waals surface area (Å²) in [4.78, 5) is 11.1. The lowest BCUT2D eigenvalue weighted by Crippen LogP contribution is -2.15. The molecule has 82 valence electrons. The van der Waals surface area contributed by atoms with Gasteiger partial charge in [-0.25, -0.2) is 18.4 Å². The van der Waals surface area contributed by atoms with Crippen molar-refractivity contribution in [2.24, 2.45) is 5.14 Å². The third-order valence-electron chi connectivity index (χ3n) is 1.92. The number of ether oxygens (including phenoxy) is 1. The van der Waals surface area contributed by atoms with Crippen LogP contribution in [0.15, 0.2) is 23.1 Å². The predicted octanol–water partition coefficient (Wildman–Crippen LogP) is 0.429. The number of carbonyl (C=O) groups is 1. The van der Waals surface area contributed by atoms with E-state index in [-0.39, 0.29) is 10.5 Å². The van der Waals surface area contributed by atoms with Crippen LogP contribution in [0.2, 0.25) is 0 Å². The molecule has 0 unspecified atom stereocenters. The summed E-state index contributed by atoms with van der Waals surface area (Å²) in [5.74, 6) is -0.597. The van der Waals surface area contributed by atoms with Gasteiger partial charge in [-0.1, -0.05) is 6.07 Å². The van der Waals surface area contributed by atoms with Crippen LogP contribution in [0.3, 0.4) is 0 Å². The van der Waals surface area contributed by atoms with Crippen LogP contribution >= 0.6 is 0 Å². The Balaban J connectivity index is 3.36. The smallest absolute Gasteiger partial charge is 0.337 e. The number of esters is 1. The fourth-order valence-corrected chi connectivity index (χ4v) is 1.96. The fraction of sp³-hybridized carbons (Fsp3) is 0.222. The number of rotatable bonds is 2. The average molecular weight is 229 g/mol. The molecule has 0 radical (unpaired) electrons. The molecule has 0 bridgehead atoms. The molecule has 0 aliphatic rings. The second kappa shape index (κ2) is 4.00. The molecule has 0 fully saturated rings. The number of hydrogen-bond donors (Lipinski definition) is 1. The number of sulfonamides is 1. The molecule has 0 aliphatic heterocycles. The second-order valence-electron chi connectivity index (χ2n) is 3.02. The van der Waals surface area contributed by atoms with Gasteiger partial charge in [-0.3, -0.25) is 0 Å². The van der Waals surface area contributed by atoms with Crippen molar-refractivity contribution in [1.29, 1.82) is 0 Å². The largest absolute Gasteiger partial charge is 0.465 e. The molecule has 1 aromatic carbocycles. The lowest BCUT2D eigenvalue weighted by molar-refractivity contribution is 0.0600. The van der Waals surface area contributed by atoms with Crippen molar-refractivity contribution in [3.05, 3.63) is 29.3 Å². The molecule has 0 saturated carbocycles. The highest BCUT2D eigenvalue weighted by molar-refractivity contribution is 7.89. The van der Waals surface area contributed by atoms with Gasteiger partial charge in [0.2, 0.25) is 10.0 Å². The highest BCUT2D eigenvalue weighted by Gasteiger charge is 2.15. The van der Waals surface area contributed by atoms with Gasteiger partial charge in [-0.15, -0.1) is 0 Å². The van der Waals surface area contributed by atoms with E-state index < -0.39 is 16.0 Å². The van der Waals surface area contributed by atoms with Crippen LogP contribution < -0.4 is 5.14 Å². The Morgan fingerprint density at radius 1 is 1.40 bits per heavy atom. The molecule has 0 aromatic heterocycles. The third-order valence-corrected chi connectivity index (χ3v) is 2.97. The second-order valence-corrected chi connectivity index (χ2v) is 4.55. The standard InChI is InChI=1S/C9H11NO4S/c1-6-3-4-7(9(11)14-2)5-8(6)15(10,12)13/h3-5H,1-2H3,(H2,10,12,13). The van der Waals surface area contributed by atoms with Crippen molar-refractivity contribution >= 4 is 16.0 Å². The monoisotopic (exact) mass is 229 g/mol. The number of benzene rings is 1. The molecule has 6 heteroatoms. The molecule has 1 aromatic rings. The SMILES string of the molecule is COC(=O)c1ccc(C)c(S(N)(=O)=O)c1. The molecule has 15 heavy (non-hydrogen) atoms. The van der Waals surface area contributed by atoms with Crippen LogP contribution in [0.25, 0.3) is 0 Å². The molecule has 2 N–H and O–H groups in total. The van der Waals surface area contributed by atoms with Gasteiger partial charge in [0.15, 0.2) is 0 Å². The number of aryl methyl sites for hydroxylation is 1. The van der Waals surface area contributed by atoms with Gasteiger partial charge >= 0.3 is 5.97 Å². The molecule has 0 saturated heterocycles. The van der Waals surface area contributed by atoms with Crippen LogP contribution in [-0.4, -0.2) is 21.5 Å². The first-order valence-corrected chi connectivity index (χ1v) is 5.62. The Labute approximate surface area is 87.9 Å². The predicted molar refractivity (Wildman–Crippen MR) is 53.9 cm³/mol. The lowest BCUT2D eigenvalue weighted by Gasteiger charge is -2.05. The first kappa shape index (κ1) is 11.7. The van der Waals surface area contributed by atoms with E-state index >= 15 is 0 Å². The minimum atomic E-state index is -3.81. The molecule has 0 spiro atoms. The molecule has 0 atom stereocenters. The van der Waals surface area contributed by atoms with Gasteiger partial charge in [-0.2, -0.15) is 0 Å². The van der Waals surface area contributed by atoms with Gasteiger partial charge in [0.25, 0.3) is 0 Å². The van der Waals surface area contributed by atoms with E-state index in [0.29, 0.717) is 5.56 Å². The van der Waals surface area contributed by atoms with Crippen molar-refractivity contribution in [2.75, 3.05) is 7.11 Å². The quantitative estimate of drug-likeness (QED) is 0.745. The Bertz CT molecular complexity index is 493. The van der Waals surface area contributed by atoms with Crippen LogP contribution in [0.5, 0.6) is 0 Å². The van der Waals surface area contributed by atoms with Gasteiger partial charge in [-0.05, 0) is 24.6 Å². The summed E-state index contributed by atoms with van der Waals surface area (Å²) in [6.45, 7) is 1.60. The molecular formula is C9H11NO4S. The summed E-state index contributed by atoms with van der Waals surface area (Å²) in [7, 11) is -2.58. The molecular weight excluding hydrogens is 218 g/mol. The van der Waals surface area contributed by atoms with Crippen LogP contribution in [-0.2, 0) is 14.8 Å². The van der Waals surface area contributed by atoms with E-state index in [4.69, 9.17) is 5.14 Å². The Hall–Kier alpha value is -1.40. The van der Waals surface area contributed by atoms with E-state index in [1.807, 2.05) is 0 Å². The van der Waals surface area contributed by atoms with Gasteiger partial charge in [0.1, 0.15) is 0 Å². The highest BCUT2D eigenvalue weighted by Crippen LogP contribution is 2.15.